The summed E-state index contributed by atoms with van der Waals surface area (Å²) in [6.07, 6.45) is 9.43. The van der Waals surface area contributed by atoms with Gasteiger partial charge in [-0.25, -0.2) is 9.97 Å². The van der Waals surface area contributed by atoms with Crippen LogP contribution in [0.25, 0.3) is 11.4 Å². The van der Waals surface area contributed by atoms with Gasteiger partial charge in [0.2, 0.25) is 0 Å². The number of aromatic nitrogens is 3. The summed E-state index contributed by atoms with van der Waals surface area (Å²) >= 11 is 0. The number of aryl methyl sites for hydroxylation is 1. The minimum Gasteiger partial charge on any atom is -0.369 e. The quantitative estimate of drug-likeness (QED) is 0.929. The third kappa shape index (κ3) is 3.52. The van der Waals surface area contributed by atoms with Crippen LogP contribution in [0.1, 0.15) is 37.4 Å². The Morgan fingerprint density at radius 1 is 1.20 bits per heavy atom. The van der Waals surface area contributed by atoms with Crippen molar-refractivity contribution in [1.29, 1.82) is 0 Å². The number of hydrogen-bond acceptors (Lipinski definition) is 5. The number of hydrogen-bond donors (Lipinski definition) is 1. The van der Waals surface area contributed by atoms with Crippen LogP contribution in [0.5, 0.6) is 0 Å². The van der Waals surface area contributed by atoms with E-state index in [1.807, 2.05) is 18.3 Å². The number of pyridine rings is 1. The first-order valence-electron chi connectivity index (χ1n) is 9.36. The number of rotatable bonds is 4. The van der Waals surface area contributed by atoms with Gasteiger partial charge in [-0.15, -0.1) is 0 Å². The van der Waals surface area contributed by atoms with Crippen molar-refractivity contribution in [3.05, 3.63) is 35.8 Å². The molecule has 1 aliphatic carbocycles. The highest BCUT2D eigenvalue weighted by atomic mass is 15.1. The van der Waals surface area contributed by atoms with E-state index in [0.717, 1.165) is 36.6 Å². The third-order valence-corrected chi connectivity index (χ3v) is 5.73. The molecule has 132 valence electrons. The molecular weight excluding hydrogens is 310 g/mol. The van der Waals surface area contributed by atoms with E-state index in [2.05, 4.69) is 29.2 Å². The molecule has 1 fully saturated rings. The standard InChI is InChI=1S/C20H27N5/c1-20(8-11-25(2)12-9-20)14-22-19-16-6-3-7-17(16)23-18(24-19)15-5-4-10-21-13-15/h4-5,10,13H,3,6-9,11-12,14H2,1-2H3,(H,22,23,24). The molecule has 0 spiro atoms. The van der Waals surface area contributed by atoms with E-state index in [4.69, 9.17) is 9.97 Å². The fourth-order valence-electron chi connectivity index (χ4n) is 3.84. The fraction of sp³-hybridized carbons (Fsp3) is 0.550. The molecule has 2 aromatic heterocycles. The molecular formula is C20H27N5. The lowest BCUT2D eigenvalue weighted by atomic mass is 9.80. The lowest BCUT2D eigenvalue weighted by molar-refractivity contribution is 0.150. The zero-order valence-electron chi connectivity index (χ0n) is 15.3. The Labute approximate surface area is 149 Å². The Morgan fingerprint density at radius 3 is 2.80 bits per heavy atom. The van der Waals surface area contributed by atoms with Crippen molar-refractivity contribution in [1.82, 2.24) is 19.9 Å². The number of nitrogens with zero attached hydrogens (tertiary/aromatic N) is 4. The van der Waals surface area contributed by atoms with Crippen LogP contribution in [-0.2, 0) is 12.8 Å². The van der Waals surface area contributed by atoms with Crippen molar-refractivity contribution >= 4 is 5.82 Å². The van der Waals surface area contributed by atoms with Crippen molar-refractivity contribution in [2.24, 2.45) is 5.41 Å². The minimum atomic E-state index is 0.345. The van der Waals surface area contributed by atoms with Crippen molar-refractivity contribution < 1.29 is 0 Å². The number of piperidine rings is 1. The maximum absolute atomic E-state index is 4.87. The second-order valence-corrected chi connectivity index (χ2v) is 7.88. The highest BCUT2D eigenvalue weighted by molar-refractivity contribution is 5.59. The zero-order chi connectivity index (χ0) is 17.3. The molecule has 1 N–H and O–H groups in total. The van der Waals surface area contributed by atoms with Gasteiger partial charge in [-0.3, -0.25) is 4.98 Å². The van der Waals surface area contributed by atoms with Gasteiger partial charge in [-0.2, -0.15) is 0 Å². The average Bonchev–Trinajstić information content (AvgIpc) is 3.12. The maximum atomic E-state index is 4.87. The Morgan fingerprint density at radius 2 is 2.04 bits per heavy atom. The predicted octanol–water partition coefficient (Wildman–Crippen LogP) is 3.17. The summed E-state index contributed by atoms with van der Waals surface area (Å²) in [5.74, 6) is 1.84. The summed E-state index contributed by atoms with van der Waals surface area (Å²) in [7, 11) is 2.21. The zero-order valence-corrected chi connectivity index (χ0v) is 15.3. The second kappa shape index (κ2) is 6.71. The third-order valence-electron chi connectivity index (χ3n) is 5.73. The van der Waals surface area contributed by atoms with Crippen molar-refractivity contribution in [3.8, 4) is 11.4 Å². The number of anilines is 1. The average molecular weight is 337 g/mol. The topological polar surface area (TPSA) is 53.9 Å². The largest absolute Gasteiger partial charge is 0.369 e. The highest BCUT2D eigenvalue weighted by Gasteiger charge is 2.29. The Bertz CT molecular complexity index is 735. The summed E-state index contributed by atoms with van der Waals surface area (Å²) in [5, 5.41) is 3.69. The van der Waals surface area contributed by atoms with Crippen LogP contribution >= 0.6 is 0 Å². The van der Waals surface area contributed by atoms with Crippen LogP contribution in [0.4, 0.5) is 5.82 Å². The molecule has 2 aliphatic rings. The van der Waals surface area contributed by atoms with Gasteiger partial charge < -0.3 is 10.2 Å². The smallest absolute Gasteiger partial charge is 0.163 e. The highest BCUT2D eigenvalue weighted by Crippen LogP contribution is 2.33. The summed E-state index contributed by atoms with van der Waals surface area (Å²) in [4.78, 5) is 16.3. The minimum absolute atomic E-state index is 0.345. The van der Waals surface area contributed by atoms with E-state index in [1.165, 1.54) is 43.6 Å². The Hall–Kier alpha value is -2.01. The molecule has 0 saturated carbocycles. The summed E-state index contributed by atoms with van der Waals surface area (Å²) < 4.78 is 0. The first-order valence-corrected chi connectivity index (χ1v) is 9.36. The molecule has 0 atom stereocenters. The molecule has 0 amide bonds. The summed E-state index contributed by atoms with van der Waals surface area (Å²) in [6, 6.07) is 3.98. The molecule has 0 unspecified atom stereocenters. The van der Waals surface area contributed by atoms with Crippen LogP contribution in [-0.4, -0.2) is 46.5 Å². The van der Waals surface area contributed by atoms with E-state index in [1.54, 1.807) is 6.20 Å². The van der Waals surface area contributed by atoms with Gasteiger partial charge in [0.1, 0.15) is 5.82 Å². The van der Waals surface area contributed by atoms with Crippen LogP contribution in [0.3, 0.4) is 0 Å². The molecule has 0 bridgehead atoms. The molecule has 0 aromatic carbocycles. The van der Waals surface area contributed by atoms with E-state index < -0.39 is 0 Å². The first kappa shape index (κ1) is 16.5. The molecule has 2 aromatic rings. The van der Waals surface area contributed by atoms with E-state index in [-0.39, 0.29) is 0 Å². The molecule has 5 nitrogen and oxygen atoms in total. The molecule has 25 heavy (non-hydrogen) atoms. The second-order valence-electron chi connectivity index (χ2n) is 7.88. The normalized spacial score (nSPS) is 19.6. The Balaban J connectivity index is 1.58. The van der Waals surface area contributed by atoms with Gasteiger partial charge in [-0.05, 0) is 69.8 Å². The van der Waals surface area contributed by atoms with Crippen LogP contribution in [0, 0.1) is 5.41 Å². The van der Waals surface area contributed by atoms with E-state index in [0.29, 0.717) is 5.41 Å². The number of fused-ring (bicyclic) bond motifs is 1. The van der Waals surface area contributed by atoms with Gasteiger partial charge in [-0.1, -0.05) is 6.92 Å². The summed E-state index contributed by atoms with van der Waals surface area (Å²) in [6.45, 7) is 5.75. The van der Waals surface area contributed by atoms with E-state index >= 15 is 0 Å². The van der Waals surface area contributed by atoms with Crippen molar-refractivity contribution in [2.45, 2.75) is 39.0 Å². The first-order chi connectivity index (χ1) is 12.1. The molecule has 1 aliphatic heterocycles. The summed E-state index contributed by atoms with van der Waals surface area (Å²) in [5.41, 5.74) is 3.87. The van der Waals surface area contributed by atoms with Gasteiger partial charge in [0.05, 0.1) is 0 Å². The molecule has 5 heteroatoms. The van der Waals surface area contributed by atoms with Gasteiger partial charge in [0.15, 0.2) is 5.82 Å². The molecule has 3 heterocycles. The van der Waals surface area contributed by atoms with Crippen molar-refractivity contribution in [3.63, 3.8) is 0 Å². The van der Waals surface area contributed by atoms with Crippen LogP contribution in [0.15, 0.2) is 24.5 Å². The lowest BCUT2D eigenvalue weighted by Crippen LogP contribution is -2.40. The Kier molecular flexibility index (Phi) is 4.42. The lowest BCUT2D eigenvalue weighted by Gasteiger charge is -2.38. The molecule has 4 rings (SSSR count). The number of nitrogens with one attached hydrogen (secondary N) is 1. The predicted molar refractivity (Wildman–Crippen MR) is 101 cm³/mol. The monoisotopic (exact) mass is 337 g/mol. The van der Waals surface area contributed by atoms with Crippen LogP contribution in [0.2, 0.25) is 0 Å². The maximum Gasteiger partial charge on any atom is 0.163 e. The molecule has 1 saturated heterocycles. The fourth-order valence-corrected chi connectivity index (χ4v) is 3.84. The van der Waals surface area contributed by atoms with E-state index in [9.17, 15) is 0 Å². The number of likely N-dealkylation sites (tertiary alicyclic amines) is 1. The van der Waals surface area contributed by atoms with Gasteiger partial charge in [0.25, 0.3) is 0 Å². The van der Waals surface area contributed by atoms with Crippen molar-refractivity contribution in [2.75, 3.05) is 32.0 Å². The van der Waals surface area contributed by atoms with Crippen LogP contribution < -0.4 is 5.32 Å². The molecule has 0 radical (unpaired) electrons. The van der Waals surface area contributed by atoms with Gasteiger partial charge >= 0.3 is 0 Å². The van der Waals surface area contributed by atoms with Gasteiger partial charge in [0, 0.05) is 35.8 Å². The SMILES string of the molecule is CN1CCC(C)(CNc2nc(-c3cccnc3)nc3c2CCC3)CC1.